The summed E-state index contributed by atoms with van der Waals surface area (Å²) in [6.07, 6.45) is 1.68. The largest absolute Gasteiger partial charge is 0.388 e. The number of ether oxygens (including phenoxy) is 2. The number of aliphatic hydroxyl groups excluding tert-OH is 1. The average Bonchev–Trinajstić information content (AvgIpc) is 3.38. The van der Waals surface area contributed by atoms with Crippen molar-refractivity contribution in [1.29, 1.82) is 0 Å². The molecule has 3 aliphatic carbocycles. The quantitative estimate of drug-likeness (QED) is 0.521. The van der Waals surface area contributed by atoms with Gasteiger partial charge < -0.3 is 24.5 Å². The highest BCUT2D eigenvalue weighted by Crippen LogP contribution is 2.70. The predicted octanol–water partition coefficient (Wildman–Crippen LogP) is 4.30. The van der Waals surface area contributed by atoms with Gasteiger partial charge in [-0.05, 0) is 45.2 Å². The van der Waals surface area contributed by atoms with Crippen LogP contribution in [-0.2, 0) is 14.9 Å². The zero-order valence-corrected chi connectivity index (χ0v) is 20.6. The van der Waals surface area contributed by atoms with E-state index in [2.05, 4.69) is 20.3 Å². The van der Waals surface area contributed by atoms with Crippen molar-refractivity contribution >= 4 is 28.6 Å². The van der Waals surface area contributed by atoms with Crippen LogP contribution in [0.4, 0.5) is 14.7 Å². The zero-order valence-electron chi connectivity index (χ0n) is 19.8. The van der Waals surface area contributed by atoms with Crippen LogP contribution in [0.1, 0.15) is 51.4 Å². The minimum Gasteiger partial charge on any atom is -0.388 e. The number of hydrogen-bond acceptors (Lipinski definition) is 7. The van der Waals surface area contributed by atoms with E-state index in [0.717, 1.165) is 5.82 Å². The topological polar surface area (TPSA) is 94.3 Å². The van der Waals surface area contributed by atoms with Crippen molar-refractivity contribution in [3.8, 4) is 11.3 Å². The fourth-order valence-corrected chi connectivity index (χ4v) is 6.62. The van der Waals surface area contributed by atoms with Crippen molar-refractivity contribution in [3.63, 3.8) is 0 Å². The molecule has 1 aromatic carbocycles. The average molecular weight is 518 g/mol. The number of rotatable bonds is 5. The fraction of sp³-hybridized carbons (Fsp3) is 0.560. The molecule has 2 saturated heterocycles. The molecule has 1 unspecified atom stereocenters. The van der Waals surface area contributed by atoms with Crippen molar-refractivity contribution in [1.82, 2.24) is 19.5 Å². The van der Waals surface area contributed by atoms with Gasteiger partial charge in [0.25, 0.3) is 0 Å². The lowest BCUT2D eigenvalue weighted by Crippen LogP contribution is -2.67. The van der Waals surface area contributed by atoms with E-state index in [0.29, 0.717) is 49.1 Å². The molecule has 4 bridgehead atoms. The number of nitrogens with zero attached hydrogens (tertiary/aromatic N) is 4. The maximum Gasteiger partial charge on any atom is 0.223 e. The number of fused-ring (bicyclic) bond motifs is 3. The maximum absolute atomic E-state index is 15.4. The van der Waals surface area contributed by atoms with Gasteiger partial charge in [0.2, 0.25) is 5.95 Å². The Morgan fingerprint density at radius 3 is 2.75 bits per heavy atom. The van der Waals surface area contributed by atoms with E-state index in [-0.39, 0.29) is 40.3 Å². The number of anilines is 1. The van der Waals surface area contributed by atoms with Crippen molar-refractivity contribution in [2.24, 2.45) is 0 Å². The Bertz CT molecular complexity index is 1380. The lowest BCUT2D eigenvalue weighted by molar-refractivity contribution is -0.163. The van der Waals surface area contributed by atoms with Gasteiger partial charge in [0.15, 0.2) is 12.1 Å². The number of aliphatic hydroxyl groups is 1. The molecule has 3 aromatic rings. The summed E-state index contributed by atoms with van der Waals surface area (Å²) < 4.78 is 42.8. The SMILES string of the molecule is CC(C)n1c(C23CC(F)(C2)C3)nc2c(F)cc(-c3nc(NC4C[C@H]5OC[C@H](O5)[C@H]4O)ncc3Cl)cc21. The number of halogens is 3. The second-order valence-corrected chi connectivity index (χ2v) is 11.4. The van der Waals surface area contributed by atoms with Crippen LogP contribution >= 0.6 is 11.6 Å². The Morgan fingerprint density at radius 2 is 2.03 bits per heavy atom. The summed E-state index contributed by atoms with van der Waals surface area (Å²) >= 11 is 6.47. The highest BCUT2D eigenvalue weighted by Gasteiger charge is 2.71. The van der Waals surface area contributed by atoms with Gasteiger partial charge in [0.1, 0.15) is 29.2 Å². The molecule has 36 heavy (non-hydrogen) atoms. The van der Waals surface area contributed by atoms with Gasteiger partial charge in [0, 0.05) is 23.4 Å². The van der Waals surface area contributed by atoms with Crippen molar-refractivity contribution in [2.75, 3.05) is 11.9 Å². The first-order chi connectivity index (χ1) is 17.1. The molecule has 5 fully saturated rings. The summed E-state index contributed by atoms with van der Waals surface area (Å²) in [6.45, 7) is 4.37. The van der Waals surface area contributed by atoms with Crippen LogP contribution in [0.3, 0.4) is 0 Å². The first-order valence-electron chi connectivity index (χ1n) is 12.3. The molecule has 0 radical (unpaired) electrons. The van der Waals surface area contributed by atoms with E-state index in [1.807, 2.05) is 24.5 Å². The molecule has 2 aromatic heterocycles. The third-order valence-corrected chi connectivity index (χ3v) is 8.33. The molecule has 8 rings (SSSR count). The Labute approximate surface area is 211 Å². The third kappa shape index (κ3) is 3.24. The molecular weight excluding hydrogens is 492 g/mol. The molecule has 3 saturated carbocycles. The summed E-state index contributed by atoms with van der Waals surface area (Å²) in [5.41, 5.74) is 0.365. The van der Waals surface area contributed by atoms with Gasteiger partial charge in [-0.1, -0.05) is 11.6 Å². The molecule has 0 spiro atoms. The third-order valence-electron chi connectivity index (χ3n) is 8.05. The van der Waals surface area contributed by atoms with E-state index in [1.165, 1.54) is 12.3 Å². The van der Waals surface area contributed by atoms with Gasteiger partial charge in [-0.25, -0.2) is 23.7 Å². The van der Waals surface area contributed by atoms with Crippen LogP contribution in [-0.4, -0.2) is 61.4 Å². The standard InChI is InChI=1S/C25H26ClF2N5O3/c1-11(2)33-16-4-12(3-14(27)20(16)31-22(33)24-8-25(28,9-24)10-24)19-13(26)6-29-23(32-19)30-15-5-18-35-7-17(36-18)21(15)34/h3-4,6,11,15,17-18,21,34H,5,7-10H2,1-2H3,(H,29,30,32)/t15?,17-,18-,21-,24?,25?/m0/s1. The number of imidazole rings is 1. The van der Waals surface area contributed by atoms with E-state index in [9.17, 15) is 9.50 Å². The minimum absolute atomic E-state index is 0.00920. The number of alkyl halides is 1. The van der Waals surface area contributed by atoms with Crippen LogP contribution in [0.15, 0.2) is 18.3 Å². The highest BCUT2D eigenvalue weighted by molar-refractivity contribution is 6.33. The molecule has 5 aliphatic rings. The Hall–Kier alpha value is -2.40. The normalized spacial score (nSPS) is 34.6. The molecular formula is C25H26ClF2N5O3. The van der Waals surface area contributed by atoms with E-state index < -0.39 is 23.7 Å². The van der Waals surface area contributed by atoms with Crippen LogP contribution in [0.25, 0.3) is 22.3 Å². The molecule has 0 amide bonds. The van der Waals surface area contributed by atoms with Gasteiger partial charge in [-0.3, -0.25) is 0 Å². The monoisotopic (exact) mass is 517 g/mol. The van der Waals surface area contributed by atoms with Crippen LogP contribution in [0.5, 0.6) is 0 Å². The lowest BCUT2D eigenvalue weighted by atomic mass is 9.42. The maximum atomic E-state index is 15.4. The van der Waals surface area contributed by atoms with E-state index in [4.69, 9.17) is 21.1 Å². The Balaban J connectivity index is 1.27. The summed E-state index contributed by atoms with van der Waals surface area (Å²) in [5.74, 6) is 0.535. The number of aromatic nitrogens is 4. The minimum atomic E-state index is -1.08. The first kappa shape index (κ1) is 22.8. The van der Waals surface area contributed by atoms with Crippen LogP contribution < -0.4 is 5.32 Å². The highest BCUT2D eigenvalue weighted by atomic mass is 35.5. The van der Waals surface area contributed by atoms with Gasteiger partial charge >= 0.3 is 0 Å². The van der Waals surface area contributed by atoms with Crippen molar-refractivity contribution < 1.29 is 23.4 Å². The molecule has 190 valence electrons. The molecule has 4 atom stereocenters. The number of hydrogen-bond donors (Lipinski definition) is 2. The van der Waals surface area contributed by atoms with Gasteiger partial charge in [-0.15, -0.1) is 0 Å². The second-order valence-electron chi connectivity index (χ2n) is 11.0. The van der Waals surface area contributed by atoms with E-state index >= 15 is 4.39 Å². The van der Waals surface area contributed by atoms with Crippen molar-refractivity contribution in [2.45, 2.75) is 81.2 Å². The summed E-state index contributed by atoms with van der Waals surface area (Å²) in [6, 6.07) is 2.86. The van der Waals surface area contributed by atoms with Gasteiger partial charge in [-0.2, -0.15) is 0 Å². The van der Waals surface area contributed by atoms with Crippen molar-refractivity contribution in [3.05, 3.63) is 35.0 Å². The number of nitrogens with one attached hydrogen (secondary N) is 1. The molecule has 2 N–H and O–H groups in total. The summed E-state index contributed by atoms with van der Waals surface area (Å²) in [7, 11) is 0. The molecule has 2 aliphatic heterocycles. The first-order valence-corrected chi connectivity index (χ1v) is 12.7. The Morgan fingerprint density at radius 1 is 1.25 bits per heavy atom. The summed E-state index contributed by atoms with van der Waals surface area (Å²) in [5, 5.41) is 14.0. The smallest absolute Gasteiger partial charge is 0.223 e. The van der Waals surface area contributed by atoms with Crippen LogP contribution in [0, 0.1) is 5.82 Å². The van der Waals surface area contributed by atoms with E-state index in [1.54, 1.807) is 0 Å². The zero-order chi connectivity index (χ0) is 25.0. The fourth-order valence-electron chi connectivity index (χ4n) is 6.42. The summed E-state index contributed by atoms with van der Waals surface area (Å²) in [4.78, 5) is 13.5. The van der Waals surface area contributed by atoms with Crippen LogP contribution in [0.2, 0.25) is 5.02 Å². The Kier molecular flexibility index (Phi) is 4.78. The molecule has 11 heteroatoms. The predicted molar refractivity (Wildman–Crippen MR) is 128 cm³/mol. The second kappa shape index (κ2) is 7.56. The molecule has 4 heterocycles. The van der Waals surface area contributed by atoms with Gasteiger partial charge in [0.05, 0.1) is 35.1 Å². The lowest BCUT2D eigenvalue weighted by Gasteiger charge is -2.65. The number of benzene rings is 1. The molecule has 8 nitrogen and oxygen atoms in total.